The van der Waals surface area contributed by atoms with Crippen LogP contribution in [0.1, 0.15) is 38.8 Å². The molecule has 1 aliphatic heterocycles. The van der Waals surface area contributed by atoms with Crippen molar-refractivity contribution in [2.75, 3.05) is 18.0 Å². The predicted molar refractivity (Wildman–Crippen MR) is 75.9 cm³/mol. The third-order valence-corrected chi connectivity index (χ3v) is 3.72. The van der Waals surface area contributed by atoms with Crippen molar-refractivity contribution >= 4 is 11.5 Å². The molecule has 2 heterocycles. The Hall–Kier alpha value is -1.63. The van der Waals surface area contributed by atoms with E-state index in [0.717, 1.165) is 19.3 Å². The van der Waals surface area contributed by atoms with Crippen molar-refractivity contribution in [2.45, 2.75) is 45.1 Å². The summed E-state index contributed by atoms with van der Waals surface area (Å²) in [6.07, 6.45) is 3.03. The van der Waals surface area contributed by atoms with Crippen LogP contribution in [-0.4, -0.2) is 38.5 Å². The zero-order valence-corrected chi connectivity index (χ0v) is 12.3. The summed E-state index contributed by atoms with van der Waals surface area (Å²) in [5.74, 6) is 0.513. The molecule has 0 radical (unpaired) electrons. The lowest BCUT2D eigenvalue weighted by Crippen LogP contribution is -2.62. The van der Waals surface area contributed by atoms with Crippen molar-refractivity contribution in [3.05, 3.63) is 15.8 Å². The molecule has 1 N–H and O–H groups in total. The van der Waals surface area contributed by atoms with Gasteiger partial charge in [0.25, 0.3) is 0 Å². The van der Waals surface area contributed by atoms with Crippen molar-refractivity contribution in [1.82, 2.24) is 9.78 Å². The molecule has 20 heavy (non-hydrogen) atoms. The van der Waals surface area contributed by atoms with Crippen LogP contribution < -0.4 is 4.90 Å². The van der Waals surface area contributed by atoms with Crippen molar-refractivity contribution in [3.63, 3.8) is 0 Å². The maximum Gasteiger partial charge on any atom is 0.334 e. The van der Waals surface area contributed by atoms with Crippen molar-refractivity contribution in [1.29, 1.82) is 0 Å². The SMILES string of the molecule is CCCc1nn(C)c(N2CC(O)(CCC)C2)c1[N+](=O)[O-]. The minimum atomic E-state index is -0.711. The molecule has 7 heteroatoms. The summed E-state index contributed by atoms with van der Waals surface area (Å²) in [7, 11) is 1.72. The molecule has 2 rings (SSSR count). The lowest BCUT2D eigenvalue weighted by Gasteiger charge is -2.47. The van der Waals surface area contributed by atoms with Gasteiger partial charge >= 0.3 is 5.69 Å². The third-order valence-electron chi connectivity index (χ3n) is 3.72. The monoisotopic (exact) mass is 282 g/mol. The van der Waals surface area contributed by atoms with E-state index in [1.165, 1.54) is 0 Å². The number of aliphatic hydroxyl groups is 1. The summed E-state index contributed by atoms with van der Waals surface area (Å²) < 4.78 is 1.56. The summed E-state index contributed by atoms with van der Waals surface area (Å²) in [6, 6.07) is 0. The summed E-state index contributed by atoms with van der Waals surface area (Å²) in [4.78, 5) is 12.8. The minimum Gasteiger partial charge on any atom is -0.386 e. The average molecular weight is 282 g/mol. The summed E-state index contributed by atoms with van der Waals surface area (Å²) in [6.45, 7) is 4.87. The van der Waals surface area contributed by atoms with Gasteiger partial charge < -0.3 is 10.0 Å². The molecule has 1 fully saturated rings. The van der Waals surface area contributed by atoms with Crippen LogP contribution >= 0.6 is 0 Å². The van der Waals surface area contributed by atoms with E-state index in [9.17, 15) is 15.2 Å². The maximum atomic E-state index is 11.3. The van der Waals surface area contributed by atoms with Gasteiger partial charge in [0.2, 0.25) is 5.82 Å². The number of aryl methyl sites for hydroxylation is 2. The number of hydrogen-bond donors (Lipinski definition) is 1. The van der Waals surface area contributed by atoms with E-state index in [4.69, 9.17) is 0 Å². The fraction of sp³-hybridized carbons (Fsp3) is 0.769. The Morgan fingerprint density at radius 1 is 1.40 bits per heavy atom. The first kappa shape index (κ1) is 14.8. The van der Waals surface area contributed by atoms with Crippen LogP contribution in [0.4, 0.5) is 11.5 Å². The molecule has 0 amide bonds. The highest BCUT2D eigenvalue weighted by molar-refractivity contribution is 5.63. The fourth-order valence-electron chi connectivity index (χ4n) is 2.94. The lowest BCUT2D eigenvalue weighted by atomic mass is 9.89. The molecule has 0 bridgehead atoms. The van der Waals surface area contributed by atoms with Gasteiger partial charge in [-0.05, 0) is 12.8 Å². The van der Waals surface area contributed by atoms with E-state index in [1.54, 1.807) is 11.7 Å². The molecule has 0 unspecified atom stereocenters. The highest BCUT2D eigenvalue weighted by Gasteiger charge is 2.44. The van der Waals surface area contributed by atoms with E-state index in [-0.39, 0.29) is 10.6 Å². The Morgan fingerprint density at radius 2 is 2.05 bits per heavy atom. The van der Waals surface area contributed by atoms with Crippen molar-refractivity contribution in [2.24, 2.45) is 7.05 Å². The zero-order chi connectivity index (χ0) is 14.9. The summed E-state index contributed by atoms with van der Waals surface area (Å²) >= 11 is 0. The largest absolute Gasteiger partial charge is 0.386 e. The Kier molecular flexibility index (Phi) is 3.99. The topological polar surface area (TPSA) is 84.4 Å². The number of nitro groups is 1. The summed E-state index contributed by atoms with van der Waals surface area (Å²) in [5, 5.41) is 25.8. The second kappa shape index (κ2) is 5.40. The Morgan fingerprint density at radius 3 is 2.55 bits per heavy atom. The molecule has 0 spiro atoms. The van der Waals surface area contributed by atoms with E-state index in [0.29, 0.717) is 31.0 Å². The van der Waals surface area contributed by atoms with Crippen LogP contribution in [0.5, 0.6) is 0 Å². The maximum absolute atomic E-state index is 11.3. The van der Waals surface area contributed by atoms with Crippen LogP contribution in [0.3, 0.4) is 0 Å². The molecule has 112 valence electrons. The molecule has 7 nitrogen and oxygen atoms in total. The second-order valence-corrected chi connectivity index (χ2v) is 5.58. The highest BCUT2D eigenvalue weighted by atomic mass is 16.6. The Labute approximate surface area is 118 Å². The lowest BCUT2D eigenvalue weighted by molar-refractivity contribution is -0.385. The third kappa shape index (κ3) is 2.49. The number of rotatable bonds is 6. The molecule has 1 aliphatic rings. The Balaban J connectivity index is 2.27. The molecule has 1 saturated heterocycles. The Bertz CT molecular complexity index is 506. The van der Waals surface area contributed by atoms with Crippen LogP contribution in [-0.2, 0) is 13.5 Å². The molecular formula is C13H22N4O3. The molecule has 0 aromatic carbocycles. The van der Waals surface area contributed by atoms with Gasteiger partial charge in [0.15, 0.2) is 0 Å². The number of anilines is 1. The van der Waals surface area contributed by atoms with Crippen LogP contribution in [0.25, 0.3) is 0 Å². The minimum absolute atomic E-state index is 0.0906. The first-order valence-electron chi connectivity index (χ1n) is 7.09. The van der Waals surface area contributed by atoms with E-state index in [1.807, 2.05) is 18.7 Å². The zero-order valence-electron chi connectivity index (χ0n) is 12.3. The van der Waals surface area contributed by atoms with Crippen LogP contribution in [0, 0.1) is 10.1 Å². The molecular weight excluding hydrogens is 260 g/mol. The van der Waals surface area contributed by atoms with Crippen LogP contribution in [0.2, 0.25) is 0 Å². The van der Waals surface area contributed by atoms with Gasteiger partial charge in [-0.2, -0.15) is 5.10 Å². The normalized spacial score (nSPS) is 17.1. The van der Waals surface area contributed by atoms with Gasteiger partial charge in [-0.3, -0.25) is 10.1 Å². The van der Waals surface area contributed by atoms with Gasteiger partial charge in [-0.1, -0.05) is 26.7 Å². The van der Waals surface area contributed by atoms with Crippen molar-refractivity contribution in [3.8, 4) is 0 Å². The van der Waals surface area contributed by atoms with Gasteiger partial charge in [0, 0.05) is 7.05 Å². The molecule has 0 saturated carbocycles. The van der Waals surface area contributed by atoms with E-state index in [2.05, 4.69) is 5.10 Å². The van der Waals surface area contributed by atoms with Gasteiger partial charge in [-0.15, -0.1) is 0 Å². The molecule has 0 atom stereocenters. The predicted octanol–water partition coefficient (Wildman–Crippen LogP) is 1.63. The van der Waals surface area contributed by atoms with E-state index >= 15 is 0 Å². The first-order chi connectivity index (χ1) is 9.41. The number of aromatic nitrogens is 2. The van der Waals surface area contributed by atoms with Gasteiger partial charge in [-0.25, -0.2) is 4.68 Å². The number of nitrogens with zero attached hydrogens (tertiary/aromatic N) is 4. The number of β-amino-alcohol motifs (C(OH)–C–C–N with tert-alkyl or cyclic N) is 1. The standard InChI is InChI=1S/C13H22N4O3/c1-4-6-10-11(17(19)20)12(15(3)14-10)16-8-13(18,9-16)7-5-2/h18H,4-9H2,1-3H3. The molecule has 1 aromatic heterocycles. The van der Waals surface area contributed by atoms with Crippen LogP contribution in [0.15, 0.2) is 0 Å². The van der Waals surface area contributed by atoms with Gasteiger partial charge in [0.1, 0.15) is 5.69 Å². The molecule has 1 aromatic rings. The first-order valence-corrected chi connectivity index (χ1v) is 7.09. The molecule has 0 aliphatic carbocycles. The fourth-order valence-corrected chi connectivity index (χ4v) is 2.94. The van der Waals surface area contributed by atoms with Gasteiger partial charge in [0.05, 0.1) is 23.6 Å². The van der Waals surface area contributed by atoms with Crippen molar-refractivity contribution < 1.29 is 10.0 Å². The highest BCUT2D eigenvalue weighted by Crippen LogP contribution is 2.38. The number of hydrogen-bond acceptors (Lipinski definition) is 5. The van der Waals surface area contributed by atoms with E-state index < -0.39 is 5.60 Å². The summed E-state index contributed by atoms with van der Waals surface area (Å²) in [5.41, 5.74) is -0.0912. The quantitative estimate of drug-likeness (QED) is 0.633. The average Bonchev–Trinajstić information content (AvgIpc) is 2.63. The smallest absolute Gasteiger partial charge is 0.334 e. The second-order valence-electron chi connectivity index (χ2n) is 5.58.